The summed E-state index contributed by atoms with van der Waals surface area (Å²) in [7, 11) is 3.14. The average Bonchev–Trinajstić information content (AvgIpc) is 2.45. The molecule has 5 N–H and O–H groups in total. The van der Waals surface area contributed by atoms with Gasteiger partial charge in [-0.2, -0.15) is 0 Å². The van der Waals surface area contributed by atoms with E-state index >= 15 is 0 Å². The van der Waals surface area contributed by atoms with Crippen molar-refractivity contribution in [2.45, 2.75) is 229 Å². The molecule has 3 amide bonds. The SMILES string of the molecule is C=CCC[C@@H]1CCC[C@]2(CCC[C@@H](CCCNC(=O)[C@@H](C)[C@@H](O)CCC(=O)CCOC)O2)O1.C=CCC[C@@H]1CCC[C@]2(CCC[C@@H](CCCNC(=O)[C@@H](C)[C@@H](O)CNC(=O)OCC3c4ccccc4-c4ccccc43)O2)O1.COCCC(C)=O. The van der Waals surface area contributed by atoms with Gasteiger partial charge in [-0.25, -0.2) is 4.79 Å². The predicted octanol–water partition coefficient (Wildman–Crippen LogP) is 10.9. The first-order chi connectivity index (χ1) is 40.5. The number of methoxy groups -OCH3 is 2. The number of aliphatic hydroxyl groups excluding tert-OH is 2. The fourth-order valence-corrected chi connectivity index (χ4v) is 12.0. The Hall–Kier alpha value is -4.85. The molecule has 7 rings (SSSR count). The maximum atomic E-state index is 12.7. The Labute approximate surface area is 501 Å². The Kier molecular flexibility index (Phi) is 31.3. The van der Waals surface area contributed by atoms with Gasteiger partial charge in [-0.3, -0.25) is 19.2 Å². The standard InChI is InChI=1S/C36H48N2O6.C26H45NO6.C5H10O2/c1-3-4-12-26-13-9-20-36(43-26)21-10-14-27(44-36)15-11-22-37-34(40)25(2)33(39)23-38-35(41)42-24-32-30-18-7-5-16-28(30)29-17-6-8-19-31(29)32;1-4-5-9-22-10-6-16-26(32-22)17-7-11-23(33-26)12-8-18-27-25(30)20(2)24(29)14-13-21(28)15-19-31-3;1-5(6)3-4-7-2/h3,5-8,16-19,25-27,32-33,39H,1,4,9-15,20-24H2,2H3,(H,37,40)(H,38,41);4,20,22-24,29H,1,5-19H2,2-3H3,(H,27,30);3-4H2,1-2H3/t25-,26+,27-,33-,36-;20-,22+,23-,24-,26-;/m00./s1. The van der Waals surface area contributed by atoms with Crippen LogP contribution in [0.1, 0.15) is 192 Å². The molecule has 0 saturated carbocycles. The van der Waals surface area contributed by atoms with Crippen molar-refractivity contribution in [3.63, 3.8) is 0 Å². The lowest BCUT2D eigenvalue weighted by atomic mass is 9.91. The molecular formula is C67H103N3O14. The van der Waals surface area contributed by atoms with E-state index in [4.69, 9.17) is 28.4 Å². The maximum absolute atomic E-state index is 12.7. The Bertz CT molecular complexity index is 2280. The van der Waals surface area contributed by atoms with Gasteiger partial charge in [0.15, 0.2) is 11.6 Å². The zero-order chi connectivity index (χ0) is 60.7. The Morgan fingerprint density at radius 2 is 1.05 bits per heavy atom. The zero-order valence-corrected chi connectivity index (χ0v) is 51.4. The second-order valence-electron chi connectivity index (χ2n) is 23.6. The summed E-state index contributed by atoms with van der Waals surface area (Å²) in [6, 6.07) is 16.3. The summed E-state index contributed by atoms with van der Waals surface area (Å²) in [5.41, 5.74) is 4.59. The van der Waals surface area contributed by atoms with E-state index < -0.39 is 41.7 Å². The van der Waals surface area contributed by atoms with Crippen molar-refractivity contribution in [1.29, 1.82) is 0 Å². The number of benzene rings is 2. The number of carbonyl (C=O) groups excluding carboxylic acids is 5. The molecule has 0 bridgehead atoms. The molecule has 2 spiro atoms. The van der Waals surface area contributed by atoms with Gasteiger partial charge in [0.1, 0.15) is 18.2 Å². The van der Waals surface area contributed by atoms with E-state index in [2.05, 4.69) is 58.1 Å². The maximum Gasteiger partial charge on any atom is 0.407 e. The molecule has 0 unspecified atom stereocenters. The van der Waals surface area contributed by atoms with Gasteiger partial charge >= 0.3 is 6.09 Å². The van der Waals surface area contributed by atoms with Crippen molar-refractivity contribution >= 4 is 29.5 Å². The number of ketones is 2. The van der Waals surface area contributed by atoms with Gasteiger partial charge in [-0.1, -0.05) is 74.5 Å². The molecule has 0 radical (unpaired) electrons. The van der Waals surface area contributed by atoms with Crippen LogP contribution in [0.5, 0.6) is 0 Å². The number of hydrogen-bond acceptors (Lipinski definition) is 14. The van der Waals surface area contributed by atoms with Gasteiger partial charge in [-0.05, 0) is 138 Å². The number of rotatable bonds is 31. The number of nitrogens with one attached hydrogen (secondary N) is 3. The number of fused-ring (bicyclic) bond motifs is 3. The van der Waals surface area contributed by atoms with Crippen LogP contribution in [0.25, 0.3) is 11.1 Å². The lowest BCUT2D eigenvalue weighted by molar-refractivity contribution is -0.316. The molecule has 4 aliphatic heterocycles. The van der Waals surface area contributed by atoms with Gasteiger partial charge in [0.2, 0.25) is 11.8 Å². The van der Waals surface area contributed by atoms with Crippen LogP contribution in [-0.4, -0.2) is 142 Å². The minimum Gasteiger partial charge on any atom is -0.449 e. The summed E-state index contributed by atoms with van der Waals surface area (Å²) in [5.74, 6) is -2.32. The monoisotopic (exact) mass is 1170 g/mol. The Morgan fingerprint density at radius 3 is 1.48 bits per heavy atom. The highest BCUT2D eigenvalue weighted by Crippen LogP contribution is 2.45. The van der Waals surface area contributed by atoms with Crippen LogP contribution in [0.4, 0.5) is 4.79 Å². The molecule has 4 heterocycles. The van der Waals surface area contributed by atoms with E-state index in [1.165, 1.54) is 0 Å². The Balaban J connectivity index is 0.000000285. The van der Waals surface area contributed by atoms with E-state index in [1.807, 2.05) is 36.4 Å². The first-order valence-electron chi connectivity index (χ1n) is 31.5. The number of alkyl carbamates (subject to hydrolysis) is 1. The quantitative estimate of drug-likeness (QED) is 0.0350. The zero-order valence-electron chi connectivity index (χ0n) is 51.4. The van der Waals surface area contributed by atoms with Crippen molar-refractivity contribution in [2.75, 3.05) is 53.7 Å². The van der Waals surface area contributed by atoms with Gasteiger partial charge in [0.05, 0.1) is 61.7 Å². The van der Waals surface area contributed by atoms with Gasteiger partial charge in [0.25, 0.3) is 0 Å². The number of amides is 3. The second-order valence-corrected chi connectivity index (χ2v) is 23.6. The number of carbonyl (C=O) groups is 5. The van der Waals surface area contributed by atoms with Gasteiger partial charge in [-0.15, -0.1) is 13.2 Å². The van der Waals surface area contributed by atoms with Crippen LogP contribution >= 0.6 is 0 Å². The lowest BCUT2D eigenvalue weighted by Crippen LogP contribution is -2.48. The summed E-state index contributed by atoms with van der Waals surface area (Å²) in [4.78, 5) is 59.4. The number of Topliss-reactive ketones (excluding diaryl/α,β-unsaturated/α-hetero) is 2. The molecule has 4 saturated heterocycles. The largest absolute Gasteiger partial charge is 0.449 e. The molecule has 2 aromatic rings. The molecular weight excluding hydrogens is 1070 g/mol. The van der Waals surface area contributed by atoms with E-state index in [9.17, 15) is 34.2 Å². The predicted molar refractivity (Wildman–Crippen MR) is 325 cm³/mol. The number of aliphatic hydroxyl groups is 2. The summed E-state index contributed by atoms with van der Waals surface area (Å²) in [6.07, 6.45) is 23.5. The normalized spacial score (nSPS) is 24.0. The average molecular weight is 1170 g/mol. The van der Waals surface area contributed by atoms with Crippen molar-refractivity contribution in [1.82, 2.24) is 16.0 Å². The van der Waals surface area contributed by atoms with Crippen molar-refractivity contribution in [3.8, 4) is 11.1 Å². The van der Waals surface area contributed by atoms with Gasteiger partial charge in [0, 0.05) is 84.7 Å². The third-order valence-corrected chi connectivity index (χ3v) is 17.0. The summed E-state index contributed by atoms with van der Waals surface area (Å²) < 4.78 is 40.9. The second kappa shape index (κ2) is 37.7. The summed E-state index contributed by atoms with van der Waals surface area (Å²) >= 11 is 0. The molecule has 17 heteroatoms. The van der Waals surface area contributed by atoms with E-state index in [0.29, 0.717) is 45.6 Å². The Morgan fingerprint density at radius 1 is 0.619 bits per heavy atom. The molecule has 470 valence electrons. The third kappa shape index (κ3) is 23.4. The molecule has 4 fully saturated rings. The molecule has 5 aliphatic rings. The lowest BCUT2D eigenvalue weighted by Gasteiger charge is -2.46. The highest BCUT2D eigenvalue weighted by molar-refractivity contribution is 5.81. The van der Waals surface area contributed by atoms with E-state index in [1.54, 1.807) is 35.0 Å². The first kappa shape index (κ1) is 69.9. The molecule has 10 atom stereocenters. The van der Waals surface area contributed by atoms with Crippen molar-refractivity contribution < 1.29 is 67.3 Å². The third-order valence-electron chi connectivity index (χ3n) is 17.0. The topological polar surface area (TPSA) is 227 Å². The highest BCUT2D eigenvalue weighted by atomic mass is 16.7. The first-order valence-corrected chi connectivity index (χ1v) is 31.5. The number of ether oxygens (including phenoxy) is 7. The van der Waals surface area contributed by atoms with Gasteiger partial charge < -0.3 is 59.3 Å². The fraction of sp³-hybridized carbons (Fsp3) is 0.687. The fourth-order valence-electron chi connectivity index (χ4n) is 12.0. The van der Waals surface area contributed by atoms with E-state index in [-0.39, 0.29) is 73.3 Å². The van der Waals surface area contributed by atoms with E-state index in [0.717, 1.165) is 151 Å². The van der Waals surface area contributed by atoms with Crippen LogP contribution in [-0.2, 0) is 52.3 Å². The van der Waals surface area contributed by atoms with Crippen LogP contribution in [0.2, 0.25) is 0 Å². The number of hydrogen-bond donors (Lipinski definition) is 5. The number of allylic oxidation sites excluding steroid dienone is 2. The minimum atomic E-state index is -1.03. The molecule has 2 aromatic carbocycles. The molecule has 0 aromatic heterocycles. The molecule has 17 nitrogen and oxygen atoms in total. The summed E-state index contributed by atoms with van der Waals surface area (Å²) in [5, 5.41) is 29.3. The van der Waals surface area contributed by atoms with Crippen molar-refractivity contribution in [3.05, 3.63) is 85.0 Å². The minimum absolute atomic E-state index is 0.0400. The molecule has 1 aliphatic carbocycles. The molecule has 84 heavy (non-hydrogen) atoms. The van der Waals surface area contributed by atoms with Crippen LogP contribution in [0.3, 0.4) is 0 Å². The smallest absolute Gasteiger partial charge is 0.407 e. The van der Waals surface area contributed by atoms with Crippen molar-refractivity contribution in [2.24, 2.45) is 11.8 Å². The van der Waals surface area contributed by atoms with Crippen LogP contribution in [0, 0.1) is 11.8 Å². The highest BCUT2D eigenvalue weighted by Gasteiger charge is 2.44. The van der Waals surface area contributed by atoms with Crippen LogP contribution in [0.15, 0.2) is 73.8 Å². The summed E-state index contributed by atoms with van der Waals surface area (Å²) in [6.45, 7) is 14.7. The van der Waals surface area contributed by atoms with Crippen LogP contribution < -0.4 is 16.0 Å².